The van der Waals surface area contributed by atoms with Gasteiger partial charge in [-0.15, -0.1) is 0 Å². The van der Waals surface area contributed by atoms with Gasteiger partial charge in [0, 0.05) is 36.2 Å². The maximum Gasteiger partial charge on any atom is 0.319 e. The molecule has 0 radical (unpaired) electrons. The predicted molar refractivity (Wildman–Crippen MR) is 78.5 cm³/mol. The zero-order valence-corrected chi connectivity index (χ0v) is 12.9. The molecule has 0 bridgehead atoms. The topological polar surface area (TPSA) is 49.9 Å². The van der Waals surface area contributed by atoms with Gasteiger partial charge in [0.1, 0.15) is 0 Å². The Balaban J connectivity index is 1.90. The van der Waals surface area contributed by atoms with Gasteiger partial charge in [0.05, 0.1) is 13.7 Å². The Morgan fingerprint density at radius 3 is 2.55 bits per heavy atom. The monoisotopic (exact) mass is 340 g/mol. The number of piperazine rings is 1. The van der Waals surface area contributed by atoms with Crippen molar-refractivity contribution in [3.8, 4) is 0 Å². The highest BCUT2D eigenvalue weighted by Gasteiger charge is 2.23. The lowest BCUT2D eigenvalue weighted by atomic mass is 10.2. The van der Waals surface area contributed by atoms with E-state index in [0.717, 1.165) is 4.47 Å². The number of benzene rings is 1. The van der Waals surface area contributed by atoms with Crippen LogP contribution in [0.5, 0.6) is 0 Å². The molecule has 20 heavy (non-hydrogen) atoms. The van der Waals surface area contributed by atoms with E-state index in [1.807, 2.05) is 34.1 Å². The Hall–Kier alpha value is -1.40. The molecule has 2 rings (SSSR count). The molecule has 0 aliphatic carbocycles. The number of halogens is 1. The van der Waals surface area contributed by atoms with Crippen LogP contribution in [-0.4, -0.2) is 61.5 Å². The fraction of sp³-hybridized carbons (Fsp3) is 0.429. The van der Waals surface area contributed by atoms with Gasteiger partial charge in [-0.2, -0.15) is 0 Å². The van der Waals surface area contributed by atoms with Gasteiger partial charge in [-0.05, 0) is 18.2 Å². The Bertz CT molecular complexity index is 499. The molecule has 0 N–H and O–H groups in total. The third-order valence-corrected chi connectivity index (χ3v) is 3.80. The maximum atomic E-state index is 12.3. The average molecular weight is 341 g/mol. The third-order valence-electron chi connectivity index (χ3n) is 3.31. The highest BCUT2D eigenvalue weighted by atomic mass is 79.9. The van der Waals surface area contributed by atoms with Crippen molar-refractivity contribution in [3.63, 3.8) is 0 Å². The van der Waals surface area contributed by atoms with Gasteiger partial charge >= 0.3 is 5.97 Å². The molecular formula is C14H17BrN2O3. The second-order valence-electron chi connectivity index (χ2n) is 4.65. The first-order valence-electron chi connectivity index (χ1n) is 6.44. The third kappa shape index (κ3) is 3.80. The predicted octanol–water partition coefficient (Wildman–Crippen LogP) is 1.38. The molecule has 108 valence electrons. The summed E-state index contributed by atoms with van der Waals surface area (Å²) in [7, 11) is 1.38. The summed E-state index contributed by atoms with van der Waals surface area (Å²) in [4.78, 5) is 27.3. The van der Waals surface area contributed by atoms with Crippen LogP contribution < -0.4 is 0 Å². The second kappa shape index (κ2) is 6.85. The number of carbonyl (C=O) groups excluding carboxylic acids is 2. The summed E-state index contributed by atoms with van der Waals surface area (Å²) in [6, 6.07) is 7.38. The van der Waals surface area contributed by atoms with Crippen LogP contribution in [0.1, 0.15) is 10.4 Å². The molecule has 5 nitrogen and oxygen atoms in total. The highest BCUT2D eigenvalue weighted by Crippen LogP contribution is 2.14. The second-order valence-corrected chi connectivity index (χ2v) is 5.57. The van der Waals surface area contributed by atoms with Crippen molar-refractivity contribution < 1.29 is 14.3 Å². The van der Waals surface area contributed by atoms with Crippen molar-refractivity contribution >= 4 is 27.8 Å². The number of rotatable bonds is 3. The number of amides is 1. The molecule has 1 heterocycles. The largest absolute Gasteiger partial charge is 0.468 e. The summed E-state index contributed by atoms with van der Waals surface area (Å²) < 4.78 is 5.54. The van der Waals surface area contributed by atoms with E-state index in [-0.39, 0.29) is 18.4 Å². The van der Waals surface area contributed by atoms with Crippen LogP contribution in [0.25, 0.3) is 0 Å². The average Bonchev–Trinajstić information content (AvgIpc) is 2.47. The van der Waals surface area contributed by atoms with Crippen molar-refractivity contribution in [2.75, 3.05) is 39.8 Å². The Morgan fingerprint density at radius 2 is 1.95 bits per heavy atom. The van der Waals surface area contributed by atoms with Crippen molar-refractivity contribution in [2.24, 2.45) is 0 Å². The summed E-state index contributed by atoms with van der Waals surface area (Å²) in [6.07, 6.45) is 0. The molecule has 1 saturated heterocycles. The van der Waals surface area contributed by atoms with Crippen molar-refractivity contribution in [2.45, 2.75) is 0 Å². The summed E-state index contributed by atoms with van der Waals surface area (Å²) in [5.41, 5.74) is 0.681. The van der Waals surface area contributed by atoms with Crippen LogP contribution in [0.15, 0.2) is 28.7 Å². The molecule has 1 aromatic carbocycles. The number of hydrogen-bond donors (Lipinski definition) is 0. The van der Waals surface area contributed by atoms with Gasteiger partial charge in [0.15, 0.2) is 0 Å². The first-order valence-corrected chi connectivity index (χ1v) is 7.23. The minimum atomic E-state index is -0.239. The van der Waals surface area contributed by atoms with E-state index >= 15 is 0 Å². The summed E-state index contributed by atoms with van der Waals surface area (Å²) in [5, 5.41) is 0. The Labute approximate surface area is 126 Å². The van der Waals surface area contributed by atoms with Gasteiger partial charge in [-0.1, -0.05) is 22.0 Å². The lowest BCUT2D eigenvalue weighted by molar-refractivity contribution is -0.142. The molecule has 0 atom stereocenters. The first kappa shape index (κ1) is 15.0. The van der Waals surface area contributed by atoms with Crippen LogP contribution in [0.2, 0.25) is 0 Å². The van der Waals surface area contributed by atoms with Crippen LogP contribution >= 0.6 is 15.9 Å². The molecule has 0 aromatic heterocycles. The van der Waals surface area contributed by atoms with Crippen LogP contribution in [0.3, 0.4) is 0 Å². The number of nitrogens with zero attached hydrogens (tertiary/aromatic N) is 2. The highest BCUT2D eigenvalue weighted by molar-refractivity contribution is 9.10. The first-order chi connectivity index (χ1) is 9.60. The van der Waals surface area contributed by atoms with Gasteiger partial charge in [-0.25, -0.2) is 0 Å². The van der Waals surface area contributed by atoms with Crippen LogP contribution in [0, 0.1) is 0 Å². The van der Waals surface area contributed by atoms with E-state index in [2.05, 4.69) is 20.7 Å². The van der Waals surface area contributed by atoms with Crippen molar-refractivity contribution in [1.82, 2.24) is 9.80 Å². The van der Waals surface area contributed by atoms with Gasteiger partial charge in [0.25, 0.3) is 5.91 Å². The number of carbonyl (C=O) groups is 2. The summed E-state index contributed by atoms with van der Waals surface area (Å²) in [5.74, 6) is -0.208. The van der Waals surface area contributed by atoms with E-state index in [1.165, 1.54) is 7.11 Å². The van der Waals surface area contributed by atoms with Gasteiger partial charge in [-0.3, -0.25) is 14.5 Å². The number of hydrogen-bond acceptors (Lipinski definition) is 4. The smallest absolute Gasteiger partial charge is 0.319 e. The van der Waals surface area contributed by atoms with E-state index in [0.29, 0.717) is 31.7 Å². The molecule has 1 fully saturated rings. The number of methoxy groups -OCH3 is 1. The van der Waals surface area contributed by atoms with Crippen molar-refractivity contribution in [3.05, 3.63) is 34.3 Å². The molecule has 1 aromatic rings. The van der Waals surface area contributed by atoms with Gasteiger partial charge in [0.2, 0.25) is 0 Å². The standard InChI is InChI=1S/C14H17BrN2O3/c1-20-13(18)10-16-5-7-17(8-6-16)14(19)11-3-2-4-12(15)9-11/h2-4,9H,5-8,10H2,1H3. The summed E-state index contributed by atoms with van der Waals surface area (Å²) in [6.45, 7) is 2.92. The van der Waals surface area contributed by atoms with E-state index in [9.17, 15) is 9.59 Å². The van der Waals surface area contributed by atoms with E-state index in [1.54, 1.807) is 0 Å². The normalized spacial score (nSPS) is 16.0. The van der Waals surface area contributed by atoms with Crippen molar-refractivity contribution in [1.29, 1.82) is 0 Å². The zero-order chi connectivity index (χ0) is 14.5. The molecular weight excluding hydrogens is 324 g/mol. The molecule has 1 amide bonds. The molecule has 0 spiro atoms. The van der Waals surface area contributed by atoms with E-state index in [4.69, 9.17) is 0 Å². The molecule has 0 saturated carbocycles. The molecule has 1 aliphatic heterocycles. The molecule has 0 unspecified atom stereocenters. The fourth-order valence-electron chi connectivity index (χ4n) is 2.16. The minimum absolute atomic E-state index is 0.0315. The van der Waals surface area contributed by atoms with E-state index < -0.39 is 0 Å². The fourth-order valence-corrected chi connectivity index (χ4v) is 2.56. The minimum Gasteiger partial charge on any atom is -0.468 e. The Kier molecular flexibility index (Phi) is 5.14. The Morgan fingerprint density at radius 1 is 1.25 bits per heavy atom. The van der Waals surface area contributed by atoms with Crippen LogP contribution in [0.4, 0.5) is 0 Å². The van der Waals surface area contributed by atoms with Crippen LogP contribution in [-0.2, 0) is 9.53 Å². The zero-order valence-electron chi connectivity index (χ0n) is 11.3. The number of esters is 1. The lowest BCUT2D eigenvalue weighted by Gasteiger charge is -2.34. The maximum absolute atomic E-state index is 12.3. The van der Waals surface area contributed by atoms with Gasteiger partial charge < -0.3 is 9.64 Å². The summed E-state index contributed by atoms with van der Waals surface area (Å²) >= 11 is 3.37. The SMILES string of the molecule is COC(=O)CN1CCN(C(=O)c2cccc(Br)c2)CC1. The molecule has 1 aliphatic rings. The lowest BCUT2D eigenvalue weighted by Crippen LogP contribution is -2.50. The quantitative estimate of drug-likeness (QED) is 0.780. The number of ether oxygens (including phenoxy) is 1. The molecule has 6 heteroatoms.